The fourth-order valence-corrected chi connectivity index (χ4v) is 3.42. The third kappa shape index (κ3) is 8.58. The van der Waals surface area contributed by atoms with E-state index in [-0.39, 0.29) is 28.7 Å². The van der Waals surface area contributed by atoms with Gasteiger partial charge in [-0.2, -0.15) is 11.8 Å². The number of thioether (sulfide) groups is 1. The third-order valence-electron chi connectivity index (χ3n) is 4.51. The van der Waals surface area contributed by atoms with Crippen molar-refractivity contribution in [2.24, 2.45) is 10.9 Å². The van der Waals surface area contributed by atoms with Crippen LogP contribution in [-0.2, 0) is 9.47 Å². The molecular weight excluding hydrogens is 437 g/mol. The Hall–Kier alpha value is 0.270. The van der Waals surface area contributed by atoms with Crippen LogP contribution in [0.1, 0.15) is 39.0 Å². The second-order valence-corrected chi connectivity index (χ2v) is 7.77. The monoisotopic (exact) mass is 471 g/mol. The number of ether oxygens (including phenoxy) is 2. The van der Waals surface area contributed by atoms with Crippen molar-refractivity contribution in [3.63, 3.8) is 0 Å². The summed E-state index contributed by atoms with van der Waals surface area (Å²) in [4.78, 5) is 4.81. The van der Waals surface area contributed by atoms with Crippen molar-refractivity contribution in [3.05, 3.63) is 0 Å². The average Bonchev–Trinajstić information content (AvgIpc) is 3.41. The largest absolute Gasteiger partial charge is 0.381 e. The second kappa shape index (κ2) is 12.6. The number of hydrogen-bond acceptors (Lipinski definition) is 4. The smallest absolute Gasteiger partial charge is 0.191 e. The number of nitrogens with one attached hydrogen (secondary N) is 2. The number of guanidine groups is 1. The van der Waals surface area contributed by atoms with E-state index in [2.05, 4.69) is 23.8 Å². The van der Waals surface area contributed by atoms with Crippen molar-refractivity contribution >= 4 is 41.7 Å². The predicted octanol–water partition coefficient (Wildman–Crippen LogP) is 2.89. The molecule has 1 heterocycles. The number of hydrogen-bond donors (Lipinski definition) is 2. The van der Waals surface area contributed by atoms with Gasteiger partial charge in [-0.1, -0.05) is 0 Å². The molecule has 24 heavy (non-hydrogen) atoms. The van der Waals surface area contributed by atoms with Crippen LogP contribution in [-0.4, -0.2) is 63.0 Å². The van der Waals surface area contributed by atoms with Gasteiger partial charge in [0.25, 0.3) is 0 Å². The van der Waals surface area contributed by atoms with Gasteiger partial charge in [0.1, 0.15) is 0 Å². The van der Waals surface area contributed by atoms with Crippen molar-refractivity contribution in [1.82, 2.24) is 10.6 Å². The molecule has 0 aromatic rings. The minimum absolute atomic E-state index is 0. The molecule has 7 heteroatoms. The van der Waals surface area contributed by atoms with E-state index in [0.29, 0.717) is 0 Å². The summed E-state index contributed by atoms with van der Waals surface area (Å²) in [6, 6.07) is 0. The zero-order valence-electron chi connectivity index (χ0n) is 15.1. The van der Waals surface area contributed by atoms with Crippen molar-refractivity contribution in [2.75, 3.05) is 52.3 Å². The minimum Gasteiger partial charge on any atom is -0.381 e. The molecule has 2 rings (SSSR count). The van der Waals surface area contributed by atoms with Gasteiger partial charge in [0.2, 0.25) is 0 Å². The van der Waals surface area contributed by atoms with Gasteiger partial charge in [-0.05, 0) is 51.2 Å². The minimum atomic E-state index is 0. The Morgan fingerprint density at radius 1 is 1.29 bits per heavy atom. The molecule has 0 atom stereocenters. The summed E-state index contributed by atoms with van der Waals surface area (Å²) >= 11 is 1.93. The summed E-state index contributed by atoms with van der Waals surface area (Å²) in [6.07, 6.45) is 8.12. The number of halogens is 1. The van der Waals surface area contributed by atoms with Crippen LogP contribution in [0, 0.1) is 5.92 Å². The summed E-state index contributed by atoms with van der Waals surface area (Å²) in [5.74, 6) is 1.78. The maximum Gasteiger partial charge on any atom is 0.191 e. The predicted molar refractivity (Wildman–Crippen MR) is 114 cm³/mol. The molecule has 0 radical (unpaired) electrons. The van der Waals surface area contributed by atoms with Crippen LogP contribution in [0.4, 0.5) is 0 Å². The molecule has 2 fully saturated rings. The SMILES string of the molecule is CCNC(=NCC1(SC)CCOCC1)NCCCOCC1CC1.I. The van der Waals surface area contributed by atoms with Gasteiger partial charge in [-0.25, -0.2) is 0 Å². The van der Waals surface area contributed by atoms with E-state index in [0.717, 1.165) is 77.2 Å². The summed E-state index contributed by atoms with van der Waals surface area (Å²) in [6.45, 7) is 8.27. The first-order chi connectivity index (χ1) is 11.3. The molecule has 1 saturated carbocycles. The quantitative estimate of drug-likeness (QED) is 0.222. The zero-order chi connectivity index (χ0) is 16.4. The molecule has 0 spiro atoms. The lowest BCUT2D eigenvalue weighted by Gasteiger charge is -2.34. The molecule has 2 aliphatic rings. The van der Waals surface area contributed by atoms with Crippen LogP contribution in [0.3, 0.4) is 0 Å². The molecule has 0 unspecified atom stereocenters. The van der Waals surface area contributed by atoms with Gasteiger partial charge in [-0.3, -0.25) is 4.99 Å². The highest BCUT2D eigenvalue weighted by Gasteiger charge is 2.31. The molecule has 0 amide bonds. The Bertz CT molecular complexity index is 362. The van der Waals surface area contributed by atoms with Crippen molar-refractivity contribution in [2.45, 2.75) is 43.8 Å². The van der Waals surface area contributed by atoms with E-state index in [1.165, 1.54) is 12.8 Å². The van der Waals surface area contributed by atoms with Crippen molar-refractivity contribution in [1.29, 1.82) is 0 Å². The maximum atomic E-state index is 5.67. The Balaban J connectivity index is 0.00000288. The molecule has 0 bridgehead atoms. The maximum absolute atomic E-state index is 5.67. The van der Waals surface area contributed by atoms with E-state index in [1.807, 2.05) is 11.8 Å². The third-order valence-corrected chi connectivity index (χ3v) is 5.92. The summed E-state index contributed by atoms with van der Waals surface area (Å²) in [5.41, 5.74) is 0. The summed E-state index contributed by atoms with van der Waals surface area (Å²) < 4.78 is 11.4. The first kappa shape index (κ1) is 22.3. The van der Waals surface area contributed by atoms with Crippen LogP contribution in [0.2, 0.25) is 0 Å². The van der Waals surface area contributed by atoms with Gasteiger partial charge < -0.3 is 20.1 Å². The fraction of sp³-hybridized carbons (Fsp3) is 0.941. The second-order valence-electron chi connectivity index (χ2n) is 6.49. The van der Waals surface area contributed by atoms with Gasteiger partial charge in [0, 0.05) is 44.3 Å². The van der Waals surface area contributed by atoms with E-state index in [4.69, 9.17) is 14.5 Å². The molecule has 1 aliphatic heterocycles. The lowest BCUT2D eigenvalue weighted by atomic mass is 9.99. The Morgan fingerprint density at radius 2 is 2.04 bits per heavy atom. The van der Waals surface area contributed by atoms with Gasteiger partial charge in [0.05, 0.1) is 6.54 Å². The topological polar surface area (TPSA) is 54.9 Å². The normalized spacial score (nSPS) is 20.3. The summed E-state index contributed by atoms with van der Waals surface area (Å²) in [7, 11) is 0. The van der Waals surface area contributed by atoms with E-state index < -0.39 is 0 Å². The summed E-state index contributed by atoms with van der Waals surface area (Å²) in [5, 5.41) is 6.76. The molecule has 0 aromatic heterocycles. The Morgan fingerprint density at radius 3 is 2.67 bits per heavy atom. The highest BCUT2D eigenvalue weighted by molar-refractivity contribution is 14.0. The molecular formula is C17H34IN3O2S. The van der Waals surface area contributed by atoms with Gasteiger partial charge >= 0.3 is 0 Å². The van der Waals surface area contributed by atoms with E-state index in [1.54, 1.807) is 0 Å². The molecule has 0 aromatic carbocycles. The number of nitrogens with zero attached hydrogens (tertiary/aromatic N) is 1. The highest BCUT2D eigenvalue weighted by atomic mass is 127. The van der Waals surface area contributed by atoms with E-state index >= 15 is 0 Å². The van der Waals surface area contributed by atoms with Crippen molar-refractivity contribution in [3.8, 4) is 0 Å². The fourth-order valence-electron chi connectivity index (χ4n) is 2.65. The van der Waals surface area contributed by atoms with Crippen LogP contribution in [0.25, 0.3) is 0 Å². The Labute approximate surface area is 168 Å². The molecule has 142 valence electrons. The first-order valence-electron chi connectivity index (χ1n) is 9.01. The van der Waals surface area contributed by atoms with Crippen LogP contribution >= 0.6 is 35.7 Å². The molecule has 5 nitrogen and oxygen atoms in total. The van der Waals surface area contributed by atoms with Gasteiger partial charge in [-0.15, -0.1) is 24.0 Å². The average molecular weight is 471 g/mol. The molecule has 1 aliphatic carbocycles. The Kier molecular flexibility index (Phi) is 11.7. The zero-order valence-corrected chi connectivity index (χ0v) is 18.3. The van der Waals surface area contributed by atoms with E-state index in [9.17, 15) is 0 Å². The van der Waals surface area contributed by atoms with Crippen LogP contribution in [0.15, 0.2) is 4.99 Å². The van der Waals surface area contributed by atoms with Gasteiger partial charge in [0.15, 0.2) is 5.96 Å². The lowest BCUT2D eigenvalue weighted by molar-refractivity contribution is 0.0794. The lowest BCUT2D eigenvalue weighted by Crippen LogP contribution is -2.41. The molecule has 2 N–H and O–H groups in total. The number of aliphatic imine (C=N–C) groups is 1. The van der Waals surface area contributed by atoms with Crippen LogP contribution < -0.4 is 10.6 Å². The highest BCUT2D eigenvalue weighted by Crippen LogP contribution is 2.34. The van der Waals surface area contributed by atoms with Crippen molar-refractivity contribution < 1.29 is 9.47 Å². The molecule has 1 saturated heterocycles. The number of rotatable bonds is 10. The standard InChI is InChI=1S/C17H33N3O2S.HI/c1-3-18-16(19-9-4-10-22-13-15-5-6-15)20-14-17(23-2)7-11-21-12-8-17;/h15H,3-14H2,1-2H3,(H2,18,19,20);1H. The van der Waals surface area contributed by atoms with Crippen LogP contribution in [0.5, 0.6) is 0 Å². The first-order valence-corrected chi connectivity index (χ1v) is 10.2.